The quantitative estimate of drug-likeness (QED) is 0.790. The second-order valence-corrected chi connectivity index (χ2v) is 8.25. The number of aromatic nitrogens is 2. The van der Waals surface area contributed by atoms with E-state index in [4.69, 9.17) is 10.3 Å². The van der Waals surface area contributed by atoms with Crippen LogP contribution in [0.1, 0.15) is 24.4 Å². The van der Waals surface area contributed by atoms with E-state index < -0.39 is 0 Å². The molecule has 1 aliphatic rings. The fourth-order valence-electron chi connectivity index (χ4n) is 2.27. The maximum Gasteiger partial charge on any atom is 0.258 e. The predicted molar refractivity (Wildman–Crippen MR) is 93.6 cm³/mol. The molecule has 1 saturated heterocycles. The number of halogens is 1. The summed E-state index contributed by atoms with van der Waals surface area (Å²) in [4.78, 5) is 4.60. The zero-order valence-corrected chi connectivity index (χ0v) is 14.8. The van der Waals surface area contributed by atoms with Gasteiger partial charge in [0.15, 0.2) is 5.82 Å². The van der Waals surface area contributed by atoms with Gasteiger partial charge in [-0.05, 0) is 40.5 Å². The zero-order valence-electron chi connectivity index (χ0n) is 11.6. The number of anilines is 1. The summed E-state index contributed by atoms with van der Waals surface area (Å²) in [6, 6.07) is 5.65. The average Bonchev–Trinajstić information content (AvgIpc) is 2.99. The van der Waals surface area contributed by atoms with Crippen LogP contribution in [0.25, 0.3) is 11.5 Å². The lowest BCUT2D eigenvalue weighted by Crippen LogP contribution is -2.19. The molecule has 2 N–H and O–H groups in total. The van der Waals surface area contributed by atoms with E-state index in [1.165, 1.54) is 5.75 Å². The number of nitrogens with zero attached hydrogens (tertiary/aromatic N) is 2. The van der Waals surface area contributed by atoms with E-state index in [0.29, 0.717) is 22.1 Å². The number of hydrogen-bond acceptors (Lipinski definition) is 6. The minimum Gasteiger partial charge on any atom is -0.398 e. The lowest BCUT2D eigenvalue weighted by molar-refractivity contribution is 0.421. The normalized spacial score (nSPS) is 22.4. The van der Waals surface area contributed by atoms with Crippen molar-refractivity contribution in [3.05, 3.63) is 28.5 Å². The van der Waals surface area contributed by atoms with Gasteiger partial charge >= 0.3 is 0 Å². The van der Waals surface area contributed by atoms with Gasteiger partial charge in [0.25, 0.3) is 5.89 Å². The number of hydrogen-bond donors (Lipinski definition) is 1. The average molecular weight is 386 g/mol. The summed E-state index contributed by atoms with van der Waals surface area (Å²) < 4.78 is 6.29. The third-order valence-electron chi connectivity index (χ3n) is 3.40. The minimum absolute atomic E-state index is 0.323. The summed E-state index contributed by atoms with van der Waals surface area (Å²) in [5.74, 6) is 3.71. The third kappa shape index (κ3) is 3.24. The number of benzene rings is 1. The van der Waals surface area contributed by atoms with Crippen molar-refractivity contribution < 1.29 is 4.52 Å². The topological polar surface area (TPSA) is 64.9 Å². The Kier molecular flexibility index (Phi) is 4.81. The first-order chi connectivity index (χ1) is 10.2. The van der Waals surface area contributed by atoms with Gasteiger partial charge in [-0.3, -0.25) is 0 Å². The first kappa shape index (κ1) is 15.2. The monoisotopic (exact) mass is 385 g/mol. The van der Waals surface area contributed by atoms with Crippen LogP contribution in [-0.2, 0) is 0 Å². The number of rotatable bonds is 3. The van der Waals surface area contributed by atoms with Crippen molar-refractivity contribution in [1.82, 2.24) is 10.1 Å². The lowest BCUT2D eigenvalue weighted by atomic mass is 10.2. The Morgan fingerprint density at radius 3 is 2.95 bits per heavy atom. The molecule has 0 radical (unpaired) electrons. The number of nitrogens with two attached hydrogens (primary N) is 1. The molecular formula is C14H16BrN3OS2. The van der Waals surface area contributed by atoms with Crippen molar-refractivity contribution in [2.75, 3.05) is 17.2 Å². The summed E-state index contributed by atoms with van der Waals surface area (Å²) >= 11 is 7.36. The van der Waals surface area contributed by atoms with E-state index in [1.54, 1.807) is 0 Å². The Labute approximate surface area is 140 Å². The molecule has 1 aromatic carbocycles. The van der Waals surface area contributed by atoms with E-state index in [-0.39, 0.29) is 0 Å². The molecule has 0 saturated carbocycles. The summed E-state index contributed by atoms with van der Waals surface area (Å²) in [7, 11) is 0. The Balaban J connectivity index is 1.86. The molecule has 2 aromatic rings. The molecule has 2 unspecified atom stereocenters. The van der Waals surface area contributed by atoms with Gasteiger partial charge in [0.1, 0.15) is 0 Å². The molecule has 112 valence electrons. The van der Waals surface area contributed by atoms with Gasteiger partial charge in [-0.2, -0.15) is 16.7 Å². The largest absolute Gasteiger partial charge is 0.398 e. The standard InChI is InChI=1S/C14H16BrN3OS2/c1-2-11-12(21-6-5-20-11)13-17-14(19-18-13)8-3-4-10(16)9(15)7-8/h3-4,7,11-12H,2,5-6,16H2,1H3. The molecule has 2 heterocycles. The molecule has 0 aliphatic carbocycles. The van der Waals surface area contributed by atoms with Crippen LogP contribution < -0.4 is 5.73 Å². The predicted octanol–water partition coefficient (Wildman–Crippen LogP) is 4.38. The summed E-state index contributed by atoms with van der Waals surface area (Å²) in [5.41, 5.74) is 7.39. The van der Waals surface area contributed by atoms with Crippen LogP contribution in [0, 0.1) is 0 Å². The first-order valence-electron chi connectivity index (χ1n) is 6.81. The summed E-state index contributed by atoms with van der Waals surface area (Å²) in [6.45, 7) is 2.22. The van der Waals surface area contributed by atoms with Crippen molar-refractivity contribution in [2.45, 2.75) is 23.8 Å². The first-order valence-corrected chi connectivity index (χ1v) is 9.70. The van der Waals surface area contributed by atoms with Crippen LogP contribution in [0.3, 0.4) is 0 Å². The van der Waals surface area contributed by atoms with E-state index >= 15 is 0 Å². The number of thioether (sulfide) groups is 2. The third-order valence-corrected chi connectivity index (χ3v) is 7.33. The second kappa shape index (κ2) is 6.62. The van der Waals surface area contributed by atoms with Gasteiger partial charge in [-0.25, -0.2) is 0 Å². The zero-order chi connectivity index (χ0) is 14.8. The van der Waals surface area contributed by atoms with E-state index in [1.807, 2.05) is 41.7 Å². The van der Waals surface area contributed by atoms with Crippen molar-refractivity contribution in [1.29, 1.82) is 0 Å². The molecule has 4 nitrogen and oxygen atoms in total. The van der Waals surface area contributed by atoms with Crippen molar-refractivity contribution in [2.24, 2.45) is 0 Å². The molecule has 1 fully saturated rings. The van der Waals surface area contributed by atoms with Crippen LogP contribution in [0.5, 0.6) is 0 Å². The molecule has 7 heteroatoms. The van der Waals surface area contributed by atoms with Crippen LogP contribution in [0.4, 0.5) is 5.69 Å². The van der Waals surface area contributed by atoms with Gasteiger partial charge < -0.3 is 10.3 Å². The molecule has 1 aliphatic heterocycles. The highest BCUT2D eigenvalue weighted by Gasteiger charge is 2.30. The Morgan fingerprint density at radius 1 is 1.38 bits per heavy atom. The van der Waals surface area contributed by atoms with Crippen LogP contribution in [0.2, 0.25) is 0 Å². The maximum absolute atomic E-state index is 5.81. The lowest BCUT2D eigenvalue weighted by Gasteiger charge is -2.27. The van der Waals surface area contributed by atoms with Crippen molar-refractivity contribution >= 4 is 45.1 Å². The Hall–Kier alpha value is -0.660. The molecule has 3 rings (SSSR count). The second-order valence-electron chi connectivity index (χ2n) is 4.80. The van der Waals surface area contributed by atoms with E-state index in [2.05, 4.69) is 33.0 Å². The van der Waals surface area contributed by atoms with Gasteiger partial charge in [-0.15, -0.1) is 11.8 Å². The van der Waals surface area contributed by atoms with Gasteiger partial charge in [0.05, 0.1) is 5.25 Å². The summed E-state index contributed by atoms with van der Waals surface area (Å²) in [6.07, 6.45) is 1.12. The fourth-order valence-corrected chi connectivity index (χ4v) is 5.63. The van der Waals surface area contributed by atoms with Crippen LogP contribution in [0.15, 0.2) is 27.2 Å². The SMILES string of the molecule is CCC1SCCSC1c1noc(-c2ccc(N)c(Br)c2)n1. The fraction of sp³-hybridized carbons (Fsp3) is 0.429. The molecule has 2 atom stereocenters. The number of nitrogen functional groups attached to an aromatic ring is 1. The molecule has 0 spiro atoms. The van der Waals surface area contributed by atoms with E-state index in [0.717, 1.165) is 28.0 Å². The highest BCUT2D eigenvalue weighted by Crippen LogP contribution is 2.43. The molecule has 1 aromatic heterocycles. The van der Waals surface area contributed by atoms with Gasteiger partial charge in [0, 0.05) is 32.5 Å². The smallest absolute Gasteiger partial charge is 0.258 e. The molecule has 21 heavy (non-hydrogen) atoms. The maximum atomic E-state index is 5.81. The van der Waals surface area contributed by atoms with Crippen LogP contribution >= 0.6 is 39.5 Å². The van der Waals surface area contributed by atoms with E-state index in [9.17, 15) is 0 Å². The Morgan fingerprint density at radius 2 is 2.19 bits per heavy atom. The van der Waals surface area contributed by atoms with Crippen molar-refractivity contribution in [3.8, 4) is 11.5 Å². The minimum atomic E-state index is 0.323. The van der Waals surface area contributed by atoms with Crippen LogP contribution in [-0.4, -0.2) is 26.9 Å². The summed E-state index contributed by atoms with van der Waals surface area (Å²) in [5, 5.41) is 5.08. The molecular weight excluding hydrogens is 370 g/mol. The van der Waals surface area contributed by atoms with Gasteiger partial charge in [-0.1, -0.05) is 12.1 Å². The Bertz CT molecular complexity index is 634. The molecule has 0 amide bonds. The van der Waals surface area contributed by atoms with Gasteiger partial charge in [0.2, 0.25) is 0 Å². The highest BCUT2D eigenvalue weighted by atomic mass is 79.9. The van der Waals surface area contributed by atoms with Crippen molar-refractivity contribution in [3.63, 3.8) is 0 Å². The highest BCUT2D eigenvalue weighted by molar-refractivity contribution is 9.10. The molecule has 0 bridgehead atoms.